The van der Waals surface area contributed by atoms with E-state index >= 15 is 0 Å². The van der Waals surface area contributed by atoms with Crippen molar-refractivity contribution in [2.45, 2.75) is 38.7 Å². The summed E-state index contributed by atoms with van der Waals surface area (Å²) in [5.74, 6) is -1.98. The molecule has 0 unspecified atom stereocenters. The lowest BCUT2D eigenvalue weighted by Crippen LogP contribution is -2.63. The Labute approximate surface area is 189 Å². The molecule has 12 heteroatoms. The highest BCUT2D eigenvalue weighted by Gasteiger charge is 2.56. The van der Waals surface area contributed by atoms with Crippen LogP contribution in [-0.4, -0.2) is 52.9 Å². The van der Waals surface area contributed by atoms with Crippen LogP contribution in [0.5, 0.6) is 0 Å². The summed E-state index contributed by atoms with van der Waals surface area (Å²) in [4.78, 5) is 40.1. The maximum Gasteiger partial charge on any atom is 0.304 e. The quantitative estimate of drug-likeness (QED) is 0.444. The maximum atomic E-state index is 12.1. The molecule has 0 saturated carbocycles. The molecule has 1 fully saturated rings. The van der Waals surface area contributed by atoms with Crippen LogP contribution in [0.2, 0.25) is 10.0 Å². The SMILES string of the molecule is CC(=O)O[C@H]1COC[C@@](OC(C)=O)(n2c(Br)nc3cc(Cl)c(Cl)cc32)[C@H]1OC(C)=O. The number of halogens is 3. The Morgan fingerprint density at radius 2 is 1.77 bits per heavy atom. The highest BCUT2D eigenvalue weighted by Crippen LogP contribution is 2.40. The molecular formula is C18H17BrCl2N2O7. The molecule has 3 rings (SSSR count). The summed E-state index contributed by atoms with van der Waals surface area (Å²) in [6.45, 7) is 3.30. The summed E-state index contributed by atoms with van der Waals surface area (Å²) >= 11 is 15.6. The first-order valence-corrected chi connectivity index (χ1v) is 10.3. The zero-order chi connectivity index (χ0) is 22.2. The van der Waals surface area contributed by atoms with E-state index in [0.717, 1.165) is 0 Å². The van der Waals surface area contributed by atoms with E-state index in [1.807, 2.05) is 0 Å². The van der Waals surface area contributed by atoms with Crippen molar-refractivity contribution in [1.29, 1.82) is 0 Å². The van der Waals surface area contributed by atoms with Crippen molar-refractivity contribution < 1.29 is 33.3 Å². The molecule has 30 heavy (non-hydrogen) atoms. The van der Waals surface area contributed by atoms with Crippen LogP contribution in [0.25, 0.3) is 11.0 Å². The van der Waals surface area contributed by atoms with Crippen LogP contribution in [-0.2, 0) is 39.1 Å². The molecule has 1 aliphatic heterocycles. The summed E-state index contributed by atoms with van der Waals surface area (Å²) in [5, 5.41) is 0.505. The zero-order valence-electron chi connectivity index (χ0n) is 16.1. The highest BCUT2D eigenvalue weighted by molar-refractivity contribution is 9.10. The predicted octanol–water partition coefficient (Wildman–Crippen LogP) is 3.22. The van der Waals surface area contributed by atoms with Gasteiger partial charge < -0.3 is 18.9 Å². The van der Waals surface area contributed by atoms with Crippen molar-refractivity contribution in [3.63, 3.8) is 0 Å². The number of imidazole rings is 1. The van der Waals surface area contributed by atoms with Gasteiger partial charge in [0.05, 0.1) is 27.7 Å². The molecule has 0 radical (unpaired) electrons. The number of rotatable bonds is 4. The topological polar surface area (TPSA) is 106 Å². The number of carbonyl (C=O) groups excluding carboxylic acids is 3. The predicted molar refractivity (Wildman–Crippen MR) is 109 cm³/mol. The van der Waals surface area contributed by atoms with Gasteiger partial charge in [0.1, 0.15) is 6.61 Å². The van der Waals surface area contributed by atoms with Gasteiger partial charge in [0, 0.05) is 20.8 Å². The van der Waals surface area contributed by atoms with Crippen molar-refractivity contribution in [1.82, 2.24) is 9.55 Å². The lowest BCUT2D eigenvalue weighted by Gasteiger charge is -2.45. The number of hydrogen-bond donors (Lipinski definition) is 0. The first-order valence-electron chi connectivity index (χ1n) is 8.70. The molecule has 1 aromatic heterocycles. The average Bonchev–Trinajstić information content (AvgIpc) is 2.92. The minimum Gasteiger partial charge on any atom is -0.456 e. The lowest BCUT2D eigenvalue weighted by atomic mass is 9.98. The number of benzene rings is 1. The Hall–Kier alpha value is -1.88. The molecule has 9 nitrogen and oxygen atoms in total. The molecule has 0 aliphatic carbocycles. The molecule has 0 spiro atoms. The third-order valence-electron chi connectivity index (χ3n) is 4.34. The number of carbonyl (C=O) groups is 3. The number of esters is 3. The van der Waals surface area contributed by atoms with Crippen molar-refractivity contribution in [2.24, 2.45) is 0 Å². The van der Waals surface area contributed by atoms with Gasteiger partial charge >= 0.3 is 17.9 Å². The zero-order valence-corrected chi connectivity index (χ0v) is 19.2. The first-order chi connectivity index (χ1) is 14.0. The van der Waals surface area contributed by atoms with E-state index in [9.17, 15) is 14.4 Å². The van der Waals surface area contributed by atoms with E-state index in [2.05, 4.69) is 20.9 Å². The maximum absolute atomic E-state index is 12.1. The monoisotopic (exact) mass is 522 g/mol. The Kier molecular flexibility index (Phi) is 6.61. The number of aromatic nitrogens is 2. The Morgan fingerprint density at radius 1 is 1.13 bits per heavy atom. The molecule has 0 bridgehead atoms. The minimum absolute atomic E-state index is 0.0720. The van der Waals surface area contributed by atoms with E-state index in [0.29, 0.717) is 11.0 Å². The van der Waals surface area contributed by atoms with Crippen molar-refractivity contribution >= 4 is 68.1 Å². The normalized spacial score (nSPS) is 23.8. The number of hydrogen-bond acceptors (Lipinski definition) is 8. The molecule has 3 atom stereocenters. The third-order valence-corrected chi connectivity index (χ3v) is 5.59. The fraction of sp³-hybridized carbons (Fsp3) is 0.444. The second-order valence-corrected chi connectivity index (χ2v) is 8.13. The van der Waals surface area contributed by atoms with E-state index in [-0.39, 0.29) is 28.0 Å². The van der Waals surface area contributed by atoms with E-state index in [1.54, 1.807) is 0 Å². The van der Waals surface area contributed by atoms with Crippen LogP contribution in [0.15, 0.2) is 16.9 Å². The van der Waals surface area contributed by atoms with E-state index < -0.39 is 35.8 Å². The van der Waals surface area contributed by atoms with Gasteiger partial charge in [-0.1, -0.05) is 23.2 Å². The minimum atomic E-state index is -1.75. The number of nitrogens with zero attached hydrogens (tertiary/aromatic N) is 2. The van der Waals surface area contributed by atoms with Crippen LogP contribution in [0, 0.1) is 0 Å². The Bertz CT molecular complexity index is 1030. The lowest BCUT2D eigenvalue weighted by molar-refractivity contribution is -0.267. The summed E-state index contributed by atoms with van der Waals surface area (Å²) in [5.41, 5.74) is -0.901. The van der Waals surface area contributed by atoms with E-state index in [4.69, 9.17) is 42.1 Å². The van der Waals surface area contributed by atoms with Crippen molar-refractivity contribution in [2.75, 3.05) is 13.2 Å². The molecule has 2 aromatic rings. The van der Waals surface area contributed by atoms with Crippen LogP contribution < -0.4 is 0 Å². The standard InChI is InChI=1S/C18H17BrCl2N2O7/c1-8(24)28-15-6-27-7-18(30-10(3)26,16(15)29-9(2)25)23-14-5-12(21)11(20)4-13(14)22-17(23)19/h4-5,15-16H,6-7H2,1-3H3/t15-,16-,18-/m0/s1. The average molecular weight is 524 g/mol. The van der Waals surface area contributed by atoms with E-state index in [1.165, 1.54) is 37.5 Å². The molecule has 1 aliphatic rings. The molecule has 0 amide bonds. The summed E-state index contributed by atoms with van der Waals surface area (Å²) < 4.78 is 23.8. The van der Waals surface area contributed by atoms with Crippen molar-refractivity contribution in [3.8, 4) is 0 Å². The van der Waals surface area contributed by atoms with Crippen LogP contribution >= 0.6 is 39.1 Å². The molecule has 162 valence electrons. The van der Waals surface area contributed by atoms with Gasteiger partial charge in [0.2, 0.25) is 6.10 Å². The molecule has 0 N–H and O–H groups in total. The van der Waals surface area contributed by atoms with Gasteiger partial charge in [-0.05, 0) is 28.1 Å². The first kappa shape index (κ1) is 22.8. The van der Waals surface area contributed by atoms with Gasteiger partial charge in [-0.15, -0.1) is 0 Å². The summed E-state index contributed by atoms with van der Waals surface area (Å²) in [6, 6.07) is 3.07. The smallest absolute Gasteiger partial charge is 0.304 e. The number of ether oxygens (including phenoxy) is 4. The largest absolute Gasteiger partial charge is 0.456 e. The van der Waals surface area contributed by atoms with Gasteiger partial charge in [-0.2, -0.15) is 0 Å². The molecule has 1 saturated heterocycles. The van der Waals surface area contributed by atoms with Gasteiger partial charge in [0.25, 0.3) is 5.72 Å². The summed E-state index contributed by atoms with van der Waals surface area (Å²) in [6.07, 6.45) is -2.29. The van der Waals surface area contributed by atoms with Crippen molar-refractivity contribution in [3.05, 3.63) is 26.9 Å². The van der Waals surface area contributed by atoms with Crippen LogP contribution in [0.4, 0.5) is 0 Å². The molecule has 1 aromatic carbocycles. The molecular weight excluding hydrogens is 507 g/mol. The van der Waals surface area contributed by atoms with Gasteiger partial charge in [-0.25, -0.2) is 4.98 Å². The fourth-order valence-electron chi connectivity index (χ4n) is 3.41. The highest BCUT2D eigenvalue weighted by atomic mass is 79.9. The van der Waals surface area contributed by atoms with Gasteiger partial charge in [0.15, 0.2) is 10.8 Å². The second kappa shape index (κ2) is 8.70. The third kappa shape index (κ3) is 4.27. The molecule has 2 heterocycles. The Morgan fingerprint density at radius 3 is 2.37 bits per heavy atom. The van der Waals surface area contributed by atoms with Crippen LogP contribution in [0.3, 0.4) is 0 Å². The second-order valence-electron chi connectivity index (χ2n) is 6.60. The Balaban J connectivity index is 2.29. The summed E-state index contributed by atoms with van der Waals surface area (Å²) in [7, 11) is 0. The fourth-order valence-corrected chi connectivity index (χ4v) is 4.41. The number of fused-ring (bicyclic) bond motifs is 1. The van der Waals surface area contributed by atoms with Gasteiger partial charge in [-0.3, -0.25) is 19.0 Å². The van der Waals surface area contributed by atoms with Crippen LogP contribution in [0.1, 0.15) is 20.8 Å².